The summed E-state index contributed by atoms with van der Waals surface area (Å²) in [5, 5.41) is 10.3. The van der Waals surface area contributed by atoms with Crippen LogP contribution in [0.25, 0.3) is 10.9 Å². The Labute approximate surface area is 129 Å². The monoisotopic (exact) mass is 297 g/mol. The molecule has 5 heteroatoms. The van der Waals surface area contributed by atoms with Gasteiger partial charge in [0.15, 0.2) is 5.79 Å². The first kappa shape index (κ1) is 13.6. The highest BCUT2D eigenvalue weighted by Crippen LogP contribution is 2.36. The summed E-state index contributed by atoms with van der Waals surface area (Å²) in [6.45, 7) is 5.26. The lowest BCUT2D eigenvalue weighted by atomic mass is 10.0. The SMILES string of the molecule is Cc1ccc(N2CCC3(CC2)OCCO3)c2[nH]cc(C#N)c12. The molecule has 0 radical (unpaired) electrons. The number of fused-ring (bicyclic) bond motifs is 1. The number of H-pyrrole nitrogens is 1. The van der Waals surface area contributed by atoms with Gasteiger partial charge in [0.1, 0.15) is 6.07 Å². The third-order valence-corrected chi connectivity index (χ3v) is 4.82. The summed E-state index contributed by atoms with van der Waals surface area (Å²) in [7, 11) is 0. The molecule has 0 aliphatic carbocycles. The number of anilines is 1. The van der Waals surface area contributed by atoms with Crippen molar-refractivity contribution in [2.75, 3.05) is 31.2 Å². The average Bonchev–Trinajstić information content (AvgIpc) is 3.17. The molecule has 114 valence electrons. The molecule has 2 fully saturated rings. The number of rotatable bonds is 1. The highest BCUT2D eigenvalue weighted by Gasteiger charge is 2.40. The first-order valence-electron chi connectivity index (χ1n) is 7.76. The zero-order chi connectivity index (χ0) is 15.2. The highest BCUT2D eigenvalue weighted by atomic mass is 16.7. The summed E-state index contributed by atoms with van der Waals surface area (Å²) in [6.07, 6.45) is 3.57. The second-order valence-corrected chi connectivity index (χ2v) is 6.06. The molecule has 0 bridgehead atoms. The molecule has 2 saturated heterocycles. The Hall–Kier alpha value is -2.03. The first-order valence-corrected chi connectivity index (χ1v) is 7.76. The number of hydrogen-bond donors (Lipinski definition) is 1. The van der Waals surface area contributed by atoms with Gasteiger partial charge in [0.05, 0.1) is 30.0 Å². The van der Waals surface area contributed by atoms with Crippen molar-refractivity contribution in [3.05, 3.63) is 29.5 Å². The van der Waals surface area contributed by atoms with Crippen LogP contribution in [-0.2, 0) is 9.47 Å². The van der Waals surface area contributed by atoms with Gasteiger partial charge in [-0.1, -0.05) is 6.07 Å². The lowest BCUT2D eigenvalue weighted by Crippen LogP contribution is -2.45. The molecule has 22 heavy (non-hydrogen) atoms. The van der Waals surface area contributed by atoms with Gasteiger partial charge >= 0.3 is 0 Å². The Morgan fingerprint density at radius 3 is 2.64 bits per heavy atom. The molecule has 1 N–H and O–H groups in total. The number of aromatic nitrogens is 1. The molecule has 1 spiro atoms. The normalized spacial score (nSPS) is 20.6. The fourth-order valence-corrected chi connectivity index (χ4v) is 3.63. The van der Waals surface area contributed by atoms with E-state index in [0.29, 0.717) is 18.8 Å². The number of benzene rings is 1. The number of ether oxygens (including phenoxy) is 2. The maximum absolute atomic E-state index is 9.27. The number of piperidine rings is 1. The molecule has 1 aromatic carbocycles. The topological polar surface area (TPSA) is 61.3 Å². The predicted octanol–water partition coefficient (Wildman–Crippen LogP) is 2.69. The Balaban J connectivity index is 1.67. The Kier molecular flexibility index (Phi) is 3.10. The third-order valence-electron chi connectivity index (χ3n) is 4.82. The number of aromatic amines is 1. The van der Waals surface area contributed by atoms with E-state index in [4.69, 9.17) is 9.47 Å². The van der Waals surface area contributed by atoms with Gasteiger partial charge in [-0.2, -0.15) is 5.26 Å². The van der Waals surface area contributed by atoms with E-state index in [2.05, 4.69) is 28.1 Å². The van der Waals surface area contributed by atoms with E-state index in [9.17, 15) is 5.26 Å². The van der Waals surface area contributed by atoms with Gasteiger partial charge in [0, 0.05) is 37.5 Å². The lowest BCUT2D eigenvalue weighted by Gasteiger charge is -2.38. The first-order chi connectivity index (χ1) is 10.7. The molecule has 2 aromatic rings. The van der Waals surface area contributed by atoms with Crippen molar-refractivity contribution in [3.8, 4) is 6.07 Å². The van der Waals surface area contributed by atoms with Crippen LogP contribution in [0, 0.1) is 18.3 Å². The zero-order valence-electron chi connectivity index (χ0n) is 12.7. The number of aryl methyl sites for hydroxylation is 1. The standard InChI is InChI=1S/C17H19N3O2/c1-12-2-3-14(16-15(12)13(10-18)11-19-16)20-6-4-17(5-7-20)21-8-9-22-17/h2-3,11,19H,4-9H2,1H3. The van der Waals surface area contributed by atoms with Crippen molar-refractivity contribution in [2.24, 2.45) is 0 Å². The van der Waals surface area contributed by atoms with Crippen LogP contribution in [-0.4, -0.2) is 37.1 Å². The van der Waals surface area contributed by atoms with E-state index < -0.39 is 0 Å². The number of nitrogens with one attached hydrogen (secondary N) is 1. The minimum Gasteiger partial charge on any atom is -0.369 e. The molecule has 2 aliphatic rings. The van der Waals surface area contributed by atoms with E-state index in [1.807, 2.05) is 6.92 Å². The lowest BCUT2D eigenvalue weighted by molar-refractivity contribution is -0.169. The molecule has 4 rings (SSSR count). The fourth-order valence-electron chi connectivity index (χ4n) is 3.63. The van der Waals surface area contributed by atoms with E-state index in [0.717, 1.165) is 48.1 Å². The van der Waals surface area contributed by atoms with Gasteiger partial charge in [0.2, 0.25) is 0 Å². The Morgan fingerprint density at radius 2 is 1.95 bits per heavy atom. The van der Waals surface area contributed by atoms with Crippen LogP contribution >= 0.6 is 0 Å². The predicted molar refractivity (Wildman–Crippen MR) is 83.8 cm³/mol. The van der Waals surface area contributed by atoms with Crippen molar-refractivity contribution in [2.45, 2.75) is 25.6 Å². The highest BCUT2D eigenvalue weighted by molar-refractivity contribution is 5.97. The second kappa shape index (κ2) is 5.01. The van der Waals surface area contributed by atoms with Crippen LogP contribution < -0.4 is 4.90 Å². The van der Waals surface area contributed by atoms with E-state index in [-0.39, 0.29) is 5.79 Å². The third kappa shape index (κ3) is 1.99. The smallest absolute Gasteiger partial charge is 0.171 e. The Morgan fingerprint density at radius 1 is 1.23 bits per heavy atom. The van der Waals surface area contributed by atoms with Crippen molar-refractivity contribution in [1.29, 1.82) is 5.26 Å². The van der Waals surface area contributed by atoms with Crippen LogP contribution in [0.2, 0.25) is 0 Å². The fraction of sp³-hybridized carbons (Fsp3) is 0.471. The van der Waals surface area contributed by atoms with Gasteiger partial charge in [-0.15, -0.1) is 0 Å². The van der Waals surface area contributed by atoms with Gasteiger partial charge in [-0.25, -0.2) is 0 Å². The summed E-state index contributed by atoms with van der Waals surface area (Å²) in [4.78, 5) is 5.64. The zero-order valence-corrected chi connectivity index (χ0v) is 12.7. The second-order valence-electron chi connectivity index (χ2n) is 6.06. The minimum atomic E-state index is -0.353. The summed E-state index contributed by atoms with van der Waals surface area (Å²) in [5.41, 5.74) is 4.06. The van der Waals surface area contributed by atoms with Crippen molar-refractivity contribution >= 4 is 16.6 Å². The minimum absolute atomic E-state index is 0.353. The summed E-state index contributed by atoms with van der Waals surface area (Å²) in [5.74, 6) is -0.353. The van der Waals surface area contributed by atoms with Gasteiger partial charge in [-0.3, -0.25) is 0 Å². The van der Waals surface area contributed by atoms with Gasteiger partial charge in [0.25, 0.3) is 0 Å². The molecule has 0 atom stereocenters. The van der Waals surface area contributed by atoms with Gasteiger partial charge < -0.3 is 19.4 Å². The van der Waals surface area contributed by atoms with E-state index in [1.165, 1.54) is 0 Å². The molecule has 0 unspecified atom stereocenters. The summed E-state index contributed by atoms with van der Waals surface area (Å²) in [6, 6.07) is 6.51. The molecule has 0 saturated carbocycles. The molecule has 0 amide bonds. The van der Waals surface area contributed by atoms with E-state index in [1.54, 1.807) is 6.20 Å². The number of hydrogen-bond acceptors (Lipinski definition) is 4. The van der Waals surface area contributed by atoms with Crippen molar-refractivity contribution in [3.63, 3.8) is 0 Å². The molecule has 3 heterocycles. The van der Waals surface area contributed by atoms with Crippen molar-refractivity contribution in [1.82, 2.24) is 4.98 Å². The van der Waals surface area contributed by atoms with Gasteiger partial charge in [-0.05, 0) is 18.6 Å². The number of nitriles is 1. The van der Waals surface area contributed by atoms with Crippen LogP contribution in [0.1, 0.15) is 24.0 Å². The van der Waals surface area contributed by atoms with Crippen molar-refractivity contribution < 1.29 is 9.47 Å². The molecule has 1 aromatic heterocycles. The average molecular weight is 297 g/mol. The maximum Gasteiger partial charge on any atom is 0.171 e. The quantitative estimate of drug-likeness (QED) is 0.879. The Bertz CT molecular complexity index is 743. The van der Waals surface area contributed by atoms with Crippen LogP contribution in [0.3, 0.4) is 0 Å². The van der Waals surface area contributed by atoms with Crippen LogP contribution in [0.5, 0.6) is 0 Å². The molecule has 2 aliphatic heterocycles. The summed E-state index contributed by atoms with van der Waals surface area (Å²) >= 11 is 0. The maximum atomic E-state index is 9.27. The molecular formula is C17H19N3O2. The van der Waals surface area contributed by atoms with E-state index >= 15 is 0 Å². The molecular weight excluding hydrogens is 278 g/mol. The van der Waals surface area contributed by atoms with Crippen LogP contribution in [0.4, 0.5) is 5.69 Å². The van der Waals surface area contributed by atoms with Crippen LogP contribution in [0.15, 0.2) is 18.3 Å². The number of nitrogens with zero attached hydrogens (tertiary/aromatic N) is 2. The largest absolute Gasteiger partial charge is 0.369 e. The molecule has 5 nitrogen and oxygen atoms in total. The summed E-state index contributed by atoms with van der Waals surface area (Å²) < 4.78 is 11.6.